The van der Waals surface area contributed by atoms with Crippen molar-refractivity contribution in [3.63, 3.8) is 0 Å². The molecule has 0 saturated carbocycles. The highest BCUT2D eigenvalue weighted by atomic mass is 32.1. The maximum atomic E-state index is 12.7. The van der Waals surface area contributed by atoms with Gasteiger partial charge < -0.3 is 10.1 Å². The zero-order chi connectivity index (χ0) is 22.3. The van der Waals surface area contributed by atoms with Crippen LogP contribution >= 0.6 is 22.7 Å². The molecule has 7 nitrogen and oxygen atoms in total. The lowest BCUT2D eigenvalue weighted by Gasteiger charge is -2.07. The van der Waals surface area contributed by atoms with Gasteiger partial charge in [-0.05, 0) is 23.8 Å². The summed E-state index contributed by atoms with van der Waals surface area (Å²) in [5.74, 6) is 0.283. The minimum atomic E-state index is -0.254. The summed E-state index contributed by atoms with van der Waals surface area (Å²) in [5, 5.41) is 9.95. The van der Waals surface area contributed by atoms with Gasteiger partial charge in [0.25, 0.3) is 5.91 Å². The number of aromatic nitrogens is 2. The molecule has 0 bridgehead atoms. The predicted molar refractivity (Wildman–Crippen MR) is 126 cm³/mol. The zero-order valence-corrected chi connectivity index (χ0v) is 18.8. The summed E-state index contributed by atoms with van der Waals surface area (Å²) < 4.78 is 5.72. The van der Waals surface area contributed by atoms with Gasteiger partial charge in [-0.1, -0.05) is 30.3 Å². The number of ether oxygens (including phenoxy) is 1. The fraction of sp³-hybridized carbons (Fsp3) is 0.130. The summed E-state index contributed by atoms with van der Waals surface area (Å²) in [6, 6.07) is 14.8. The number of thiazole rings is 2. The van der Waals surface area contributed by atoms with Gasteiger partial charge >= 0.3 is 0 Å². The van der Waals surface area contributed by atoms with Gasteiger partial charge in [-0.15, -0.1) is 22.7 Å². The summed E-state index contributed by atoms with van der Waals surface area (Å²) in [4.78, 5) is 32.4. The monoisotopic (exact) mass is 464 g/mol. The molecule has 0 aliphatic heterocycles. The highest BCUT2D eigenvalue weighted by Gasteiger charge is 2.11. The van der Waals surface area contributed by atoms with Gasteiger partial charge in [0.1, 0.15) is 12.4 Å². The van der Waals surface area contributed by atoms with E-state index in [-0.39, 0.29) is 11.8 Å². The van der Waals surface area contributed by atoms with E-state index in [0.29, 0.717) is 29.6 Å². The lowest BCUT2D eigenvalue weighted by molar-refractivity contribution is -0.119. The van der Waals surface area contributed by atoms with Crippen LogP contribution in [-0.2, 0) is 17.9 Å². The number of anilines is 1. The molecule has 4 rings (SSSR count). The predicted octanol–water partition coefficient (Wildman–Crippen LogP) is 4.73. The maximum absolute atomic E-state index is 12.7. The molecule has 0 saturated heterocycles. The Bertz CT molecular complexity index is 1200. The Morgan fingerprint density at radius 3 is 2.69 bits per heavy atom. The number of carbonyl (C=O) groups is 2. The second-order valence-electron chi connectivity index (χ2n) is 6.89. The first-order valence-corrected chi connectivity index (χ1v) is 11.6. The third-order valence-electron chi connectivity index (χ3n) is 4.48. The van der Waals surface area contributed by atoms with Crippen LogP contribution in [0.25, 0.3) is 11.3 Å². The van der Waals surface area contributed by atoms with Crippen molar-refractivity contribution in [3.05, 3.63) is 81.6 Å². The fourth-order valence-corrected chi connectivity index (χ4v) is 4.10. The molecule has 0 aliphatic carbocycles. The number of rotatable bonds is 8. The highest BCUT2D eigenvalue weighted by molar-refractivity contribution is 7.14. The van der Waals surface area contributed by atoms with E-state index < -0.39 is 0 Å². The van der Waals surface area contributed by atoms with E-state index in [2.05, 4.69) is 20.6 Å². The summed E-state index contributed by atoms with van der Waals surface area (Å²) in [5.41, 5.74) is 5.81. The number of amides is 2. The lowest BCUT2D eigenvalue weighted by Crippen LogP contribution is -2.18. The maximum Gasteiger partial charge on any atom is 0.257 e. The Morgan fingerprint density at radius 2 is 1.94 bits per heavy atom. The fourth-order valence-electron chi connectivity index (χ4n) is 2.85. The summed E-state index contributed by atoms with van der Waals surface area (Å²) in [6.07, 6.45) is 0. The molecule has 0 aliphatic rings. The second kappa shape index (κ2) is 10.2. The van der Waals surface area contributed by atoms with Gasteiger partial charge in [0.05, 0.1) is 16.9 Å². The average Bonchev–Trinajstić information content (AvgIpc) is 3.49. The molecular formula is C23H20N4O3S2. The Labute approximate surface area is 193 Å². The van der Waals surface area contributed by atoms with Crippen LogP contribution in [0.5, 0.6) is 5.75 Å². The molecule has 0 spiro atoms. The van der Waals surface area contributed by atoms with Crippen molar-refractivity contribution in [1.29, 1.82) is 0 Å². The van der Waals surface area contributed by atoms with Crippen molar-refractivity contribution < 1.29 is 14.3 Å². The summed E-state index contributed by atoms with van der Waals surface area (Å²) in [6.45, 7) is 2.33. The Kier molecular flexibility index (Phi) is 6.88. The second-order valence-corrected chi connectivity index (χ2v) is 8.47. The lowest BCUT2D eigenvalue weighted by atomic mass is 10.1. The van der Waals surface area contributed by atoms with Gasteiger partial charge in [0.15, 0.2) is 5.13 Å². The van der Waals surface area contributed by atoms with Crippen molar-refractivity contribution in [2.45, 2.75) is 20.1 Å². The molecule has 0 fully saturated rings. The number of hydrogen-bond acceptors (Lipinski definition) is 7. The van der Waals surface area contributed by atoms with Crippen LogP contribution in [0.3, 0.4) is 0 Å². The van der Waals surface area contributed by atoms with Gasteiger partial charge in [-0.25, -0.2) is 9.97 Å². The number of benzene rings is 2. The van der Waals surface area contributed by atoms with Crippen molar-refractivity contribution in [1.82, 2.24) is 15.3 Å². The minimum Gasteiger partial charge on any atom is -0.487 e. The molecule has 2 amide bonds. The third kappa shape index (κ3) is 5.77. The Balaban J connectivity index is 1.37. The summed E-state index contributed by atoms with van der Waals surface area (Å²) >= 11 is 2.87. The van der Waals surface area contributed by atoms with Crippen LogP contribution in [0.15, 0.2) is 64.8 Å². The Morgan fingerprint density at radius 1 is 1.09 bits per heavy atom. The first-order valence-electron chi connectivity index (χ1n) is 9.77. The number of hydrogen-bond donors (Lipinski definition) is 2. The van der Waals surface area contributed by atoms with E-state index in [1.807, 2.05) is 35.0 Å². The highest BCUT2D eigenvalue weighted by Crippen LogP contribution is 2.26. The third-order valence-corrected chi connectivity index (χ3v) is 5.88. The molecule has 2 N–H and O–H groups in total. The van der Waals surface area contributed by atoms with Crippen LogP contribution in [0.1, 0.15) is 28.5 Å². The first-order chi connectivity index (χ1) is 15.6. The van der Waals surface area contributed by atoms with Crippen LogP contribution in [0.2, 0.25) is 0 Å². The minimum absolute atomic E-state index is 0.0643. The van der Waals surface area contributed by atoms with Gasteiger partial charge in [0.2, 0.25) is 5.91 Å². The molecule has 2 aromatic carbocycles. The smallest absolute Gasteiger partial charge is 0.257 e. The van der Waals surface area contributed by atoms with Crippen LogP contribution in [-0.4, -0.2) is 21.8 Å². The molecule has 0 atom stereocenters. The average molecular weight is 465 g/mol. The Hall–Kier alpha value is -3.56. The van der Waals surface area contributed by atoms with E-state index >= 15 is 0 Å². The number of carbonyl (C=O) groups excluding carboxylic acids is 2. The van der Waals surface area contributed by atoms with E-state index in [9.17, 15) is 9.59 Å². The van der Waals surface area contributed by atoms with E-state index in [0.717, 1.165) is 22.5 Å². The van der Waals surface area contributed by atoms with Crippen molar-refractivity contribution >= 4 is 39.6 Å². The molecule has 162 valence electrons. The van der Waals surface area contributed by atoms with Gasteiger partial charge in [0, 0.05) is 35.4 Å². The zero-order valence-electron chi connectivity index (χ0n) is 17.2. The first kappa shape index (κ1) is 21.7. The van der Waals surface area contributed by atoms with Gasteiger partial charge in [-0.2, -0.15) is 0 Å². The largest absolute Gasteiger partial charge is 0.487 e. The van der Waals surface area contributed by atoms with Gasteiger partial charge in [-0.3, -0.25) is 14.9 Å². The normalized spacial score (nSPS) is 10.5. The van der Waals surface area contributed by atoms with Crippen molar-refractivity contribution in [2.24, 2.45) is 0 Å². The number of nitrogens with zero attached hydrogens (tertiary/aromatic N) is 2. The van der Waals surface area contributed by atoms with Crippen LogP contribution in [0.4, 0.5) is 5.13 Å². The molecule has 4 aromatic rings. The van der Waals surface area contributed by atoms with Crippen molar-refractivity contribution in [3.8, 4) is 17.0 Å². The summed E-state index contributed by atoms with van der Waals surface area (Å²) in [7, 11) is 0. The molecule has 2 heterocycles. The van der Waals surface area contributed by atoms with Crippen LogP contribution < -0.4 is 15.4 Å². The molecule has 32 heavy (non-hydrogen) atoms. The van der Waals surface area contributed by atoms with Crippen molar-refractivity contribution in [2.75, 3.05) is 5.32 Å². The molecule has 2 aromatic heterocycles. The quantitative estimate of drug-likeness (QED) is 0.393. The van der Waals surface area contributed by atoms with Crippen LogP contribution in [0, 0.1) is 0 Å². The number of nitrogens with one attached hydrogen (secondary N) is 2. The SMILES string of the molecule is CC(=O)NCc1ccc(-c2csc(NC(=O)c3cccc(OCc4cscn4)c3)n2)cc1. The van der Waals surface area contributed by atoms with E-state index in [4.69, 9.17) is 4.74 Å². The standard InChI is InChI=1S/C23H20N4O3S2/c1-15(28)24-10-16-5-7-17(8-6-16)21-13-32-23(26-21)27-22(29)18-3-2-4-20(9-18)30-11-19-12-31-14-25-19/h2-9,12-14H,10-11H2,1H3,(H,24,28)(H,26,27,29). The molecular weight excluding hydrogens is 444 g/mol. The molecule has 0 radical (unpaired) electrons. The molecule has 0 unspecified atom stereocenters. The van der Waals surface area contributed by atoms with E-state index in [1.165, 1.54) is 29.6 Å². The topological polar surface area (TPSA) is 93.2 Å². The van der Waals surface area contributed by atoms with E-state index in [1.54, 1.807) is 29.8 Å². The molecule has 9 heteroatoms.